The SMILES string of the molecule is CC1CNOc2ccccc21. The molecule has 2 rings (SSSR count). The van der Waals surface area contributed by atoms with Gasteiger partial charge in [0.2, 0.25) is 0 Å². The summed E-state index contributed by atoms with van der Waals surface area (Å²) in [4.78, 5) is 5.24. The van der Waals surface area contributed by atoms with Gasteiger partial charge in [-0.1, -0.05) is 25.1 Å². The number of fused-ring (bicyclic) bond motifs is 1. The molecule has 58 valence electrons. The summed E-state index contributed by atoms with van der Waals surface area (Å²) in [6.45, 7) is 3.09. The van der Waals surface area contributed by atoms with Crippen molar-refractivity contribution in [3.05, 3.63) is 29.8 Å². The van der Waals surface area contributed by atoms with Crippen molar-refractivity contribution in [3.8, 4) is 5.75 Å². The van der Waals surface area contributed by atoms with Crippen molar-refractivity contribution in [2.24, 2.45) is 0 Å². The van der Waals surface area contributed by atoms with Gasteiger partial charge < -0.3 is 4.84 Å². The van der Waals surface area contributed by atoms with Crippen LogP contribution >= 0.6 is 0 Å². The Bertz CT molecular complexity index is 259. The molecule has 0 bridgehead atoms. The van der Waals surface area contributed by atoms with E-state index in [1.165, 1.54) is 5.56 Å². The van der Waals surface area contributed by atoms with E-state index in [2.05, 4.69) is 18.5 Å². The summed E-state index contributed by atoms with van der Waals surface area (Å²) in [5.41, 5.74) is 4.19. The van der Waals surface area contributed by atoms with Crippen molar-refractivity contribution in [1.82, 2.24) is 5.48 Å². The quantitative estimate of drug-likeness (QED) is 0.606. The second kappa shape index (κ2) is 2.55. The lowest BCUT2D eigenvalue weighted by Gasteiger charge is -2.22. The molecule has 1 aromatic carbocycles. The largest absolute Gasteiger partial charge is 0.408 e. The van der Waals surface area contributed by atoms with Crippen LogP contribution in [0.25, 0.3) is 0 Å². The molecule has 0 aliphatic carbocycles. The van der Waals surface area contributed by atoms with E-state index < -0.39 is 0 Å². The van der Waals surface area contributed by atoms with E-state index in [-0.39, 0.29) is 0 Å². The summed E-state index contributed by atoms with van der Waals surface area (Å²) < 4.78 is 0. The van der Waals surface area contributed by atoms with Crippen molar-refractivity contribution < 1.29 is 4.84 Å². The highest BCUT2D eigenvalue weighted by Crippen LogP contribution is 2.27. The van der Waals surface area contributed by atoms with E-state index in [1.54, 1.807) is 0 Å². The Morgan fingerprint density at radius 1 is 1.45 bits per heavy atom. The normalized spacial score (nSPS) is 22.1. The molecule has 0 saturated carbocycles. The van der Waals surface area contributed by atoms with Crippen LogP contribution in [0.15, 0.2) is 24.3 Å². The molecule has 1 atom stereocenters. The van der Waals surface area contributed by atoms with Gasteiger partial charge in [-0.15, -0.1) is 0 Å². The zero-order chi connectivity index (χ0) is 7.68. The van der Waals surface area contributed by atoms with Crippen molar-refractivity contribution in [2.75, 3.05) is 6.54 Å². The van der Waals surface area contributed by atoms with Crippen LogP contribution in [0.3, 0.4) is 0 Å². The lowest BCUT2D eigenvalue weighted by Crippen LogP contribution is -2.29. The number of benzene rings is 1. The van der Waals surface area contributed by atoms with Crippen LogP contribution < -0.4 is 10.3 Å². The molecule has 1 heterocycles. The van der Waals surface area contributed by atoms with Crippen LogP contribution in [0.2, 0.25) is 0 Å². The number of rotatable bonds is 0. The van der Waals surface area contributed by atoms with Crippen molar-refractivity contribution in [2.45, 2.75) is 12.8 Å². The van der Waals surface area contributed by atoms with Gasteiger partial charge in [-0.3, -0.25) is 0 Å². The summed E-state index contributed by atoms with van der Waals surface area (Å²) in [7, 11) is 0. The number of hydrogen-bond acceptors (Lipinski definition) is 2. The molecule has 0 saturated heterocycles. The van der Waals surface area contributed by atoms with Crippen LogP contribution in [-0.2, 0) is 0 Å². The minimum atomic E-state index is 0.556. The molecule has 1 aliphatic rings. The molecule has 2 nitrogen and oxygen atoms in total. The highest BCUT2D eigenvalue weighted by atomic mass is 16.6. The lowest BCUT2D eigenvalue weighted by atomic mass is 10.00. The second-order valence-corrected chi connectivity index (χ2v) is 2.89. The van der Waals surface area contributed by atoms with E-state index in [9.17, 15) is 0 Å². The maximum atomic E-state index is 5.24. The van der Waals surface area contributed by atoms with E-state index >= 15 is 0 Å². The summed E-state index contributed by atoms with van der Waals surface area (Å²) in [6, 6.07) is 8.13. The van der Waals surface area contributed by atoms with E-state index in [0.29, 0.717) is 5.92 Å². The molecular formula is C9H11NO. The fourth-order valence-corrected chi connectivity index (χ4v) is 1.33. The summed E-state index contributed by atoms with van der Waals surface area (Å²) in [5, 5.41) is 0. The van der Waals surface area contributed by atoms with Gasteiger partial charge in [0, 0.05) is 18.0 Å². The fraction of sp³-hybridized carbons (Fsp3) is 0.333. The van der Waals surface area contributed by atoms with Crippen molar-refractivity contribution in [1.29, 1.82) is 0 Å². The summed E-state index contributed by atoms with van der Waals surface area (Å²) >= 11 is 0. The van der Waals surface area contributed by atoms with Crippen molar-refractivity contribution in [3.63, 3.8) is 0 Å². The standard InChI is InChI=1S/C9H11NO/c1-7-6-10-11-9-5-3-2-4-8(7)9/h2-5,7,10H,6H2,1H3. The van der Waals surface area contributed by atoms with Crippen LogP contribution in [0.5, 0.6) is 5.75 Å². The molecule has 0 fully saturated rings. The summed E-state index contributed by atoms with van der Waals surface area (Å²) in [6.07, 6.45) is 0. The van der Waals surface area contributed by atoms with Gasteiger partial charge in [-0.2, -0.15) is 5.48 Å². The predicted molar refractivity (Wildman–Crippen MR) is 43.5 cm³/mol. The Labute approximate surface area is 66.1 Å². The number of hydroxylamine groups is 1. The Balaban J connectivity index is 2.44. The highest BCUT2D eigenvalue weighted by molar-refractivity contribution is 5.36. The molecule has 11 heavy (non-hydrogen) atoms. The van der Waals surface area contributed by atoms with Gasteiger partial charge in [0.25, 0.3) is 0 Å². The average molecular weight is 149 g/mol. The maximum Gasteiger partial charge on any atom is 0.150 e. The van der Waals surface area contributed by atoms with Gasteiger partial charge in [0.1, 0.15) is 0 Å². The Kier molecular flexibility index (Phi) is 1.55. The zero-order valence-electron chi connectivity index (χ0n) is 6.50. The van der Waals surface area contributed by atoms with E-state index in [4.69, 9.17) is 4.84 Å². The average Bonchev–Trinajstić information content (AvgIpc) is 2.06. The van der Waals surface area contributed by atoms with Crippen LogP contribution in [0, 0.1) is 0 Å². The van der Waals surface area contributed by atoms with Gasteiger partial charge in [0.15, 0.2) is 5.75 Å². The zero-order valence-corrected chi connectivity index (χ0v) is 6.50. The first-order chi connectivity index (χ1) is 5.38. The maximum absolute atomic E-state index is 5.24. The second-order valence-electron chi connectivity index (χ2n) is 2.89. The van der Waals surface area contributed by atoms with E-state index in [1.807, 2.05) is 18.2 Å². The van der Waals surface area contributed by atoms with Gasteiger partial charge >= 0.3 is 0 Å². The Hall–Kier alpha value is -1.02. The fourth-order valence-electron chi connectivity index (χ4n) is 1.33. The van der Waals surface area contributed by atoms with Gasteiger partial charge in [-0.25, -0.2) is 0 Å². The summed E-state index contributed by atoms with van der Waals surface area (Å²) in [5.74, 6) is 1.52. The first kappa shape index (κ1) is 6.68. The third kappa shape index (κ3) is 1.10. The monoisotopic (exact) mass is 149 g/mol. The van der Waals surface area contributed by atoms with E-state index in [0.717, 1.165) is 12.3 Å². The Morgan fingerprint density at radius 3 is 3.09 bits per heavy atom. The van der Waals surface area contributed by atoms with Crippen LogP contribution in [0.1, 0.15) is 18.4 Å². The first-order valence-electron chi connectivity index (χ1n) is 3.86. The number of hydrogen-bond donors (Lipinski definition) is 1. The molecule has 1 aromatic rings. The molecule has 0 radical (unpaired) electrons. The lowest BCUT2D eigenvalue weighted by molar-refractivity contribution is 0.169. The third-order valence-electron chi connectivity index (χ3n) is 2.02. The molecule has 0 aromatic heterocycles. The number of nitrogens with one attached hydrogen (secondary N) is 1. The minimum Gasteiger partial charge on any atom is -0.408 e. The third-order valence-corrected chi connectivity index (χ3v) is 2.02. The molecule has 1 unspecified atom stereocenters. The smallest absolute Gasteiger partial charge is 0.150 e. The topological polar surface area (TPSA) is 21.3 Å². The minimum absolute atomic E-state index is 0.556. The number of para-hydroxylation sites is 1. The predicted octanol–water partition coefficient (Wildman–Crippen LogP) is 1.69. The molecule has 0 spiro atoms. The van der Waals surface area contributed by atoms with Crippen molar-refractivity contribution >= 4 is 0 Å². The highest BCUT2D eigenvalue weighted by Gasteiger charge is 2.15. The molecular weight excluding hydrogens is 138 g/mol. The van der Waals surface area contributed by atoms with Gasteiger partial charge in [-0.05, 0) is 6.07 Å². The molecule has 2 heteroatoms. The van der Waals surface area contributed by atoms with Crippen LogP contribution in [-0.4, -0.2) is 6.54 Å². The van der Waals surface area contributed by atoms with Crippen LogP contribution in [0.4, 0.5) is 0 Å². The Morgan fingerprint density at radius 2 is 2.27 bits per heavy atom. The molecule has 1 aliphatic heterocycles. The van der Waals surface area contributed by atoms with Gasteiger partial charge in [0.05, 0.1) is 0 Å². The molecule has 1 N–H and O–H groups in total. The molecule has 0 amide bonds. The first-order valence-corrected chi connectivity index (χ1v) is 3.86.